The van der Waals surface area contributed by atoms with Crippen molar-refractivity contribution in [2.75, 3.05) is 0 Å². The van der Waals surface area contributed by atoms with E-state index in [9.17, 15) is 9.90 Å². The fourth-order valence-electron chi connectivity index (χ4n) is 2.35. The Bertz CT molecular complexity index is 827. The van der Waals surface area contributed by atoms with Crippen LogP contribution in [0.25, 0.3) is 22.9 Å². The third-order valence-corrected chi connectivity index (χ3v) is 3.46. The molecule has 2 heteroatoms. The Morgan fingerprint density at radius 3 is 2.48 bits per heavy atom. The molecule has 21 heavy (non-hydrogen) atoms. The largest absolute Gasteiger partial charge is 0.507 e. The van der Waals surface area contributed by atoms with Crippen LogP contribution in [0.3, 0.4) is 0 Å². The fraction of sp³-hybridized carbons (Fsp3) is 0. The number of carbonyl (C=O) groups excluding carboxylic acids is 1. The quantitative estimate of drug-likeness (QED) is 0.563. The molecule has 0 fully saturated rings. The molecule has 0 atom stereocenters. The second-order valence-electron chi connectivity index (χ2n) is 4.84. The number of rotatable bonds is 3. The summed E-state index contributed by atoms with van der Waals surface area (Å²) in [6.07, 6.45) is 4.61. The SMILES string of the molecule is O=Cc1cc(C=Cc2cccc3ccccc23)ccc1O. The normalized spacial score (nSPS) is 11.0. The highest BCUT2D eigenvalue weighted by atomic mass is 16.3. The number of aldehydes is 1. The Morgan fingerprint density at radius 1 is 0.810 bits per heavy atom. The van der Waals surface area contributed by atoms with Crippen molar-refractivity contribution in [1.29, 1.82) is 0 Å². The molecule has 102 valence electrons. The maximum Gasteiger partial charge on any atom is 0.153 e. The van der Waals surface area contributed by atoms with Crippen molar-refractivity contribution in [2.45, 2.75) is 0 Å². The average Bonchev–Trinajstić information content (AvgIpc) is 2.54. The molecule has 0 unspecified atom stereocenters. The Balaban J connectivity index is 2.00. The Kier molecular flexibility index (Phi) is 3.52. The van der Waals surface area contributed by atoms with Crippen LogP contribution in [-0.4, -0.2) is 11.4 Å². The number of hydrogen-bond donors (Lipinski definition) is 1. The Morgan fingerprint density at radius 2 is 1.62 bits per heavy atom. The summed E-state index contributed by atoms with van der Waals surface area (Å²) in [7, 11) is 0. The van der Waals surface area contributed by atoms with E-state index >= 15 is 0 Å². The molecule has 3 aromatic rings. The minimum atomic E-state index is 0.00677. The molecule has 0 aliphatic carbocycles. The first-order valence-corrected chi connectivity index (χ1v) is 6.72. The fourth-order valence-corrected chi connectivity index (χ4v) is 2.35. The van der Waals surface area contributed by atoms with Crippen molar-refractivity contribution >= 4 is 29.2 Å². The van der Waals surface area contributed by atoms with Crippen molar-refractivity contribution in [3.05, 3.63) is 77.4 Å². The van der Waals surface area contributed by atoms with Gasteiger partial charge in [-0.1, -0.05) is 60.7 Å². The van der Waals surface area contributed by atoms with E-state index in [2.05, 4.69) is 24.3 Å². The van der Waals surface area contributed by atoms with Crippen LogP contribution >= 0.6 is 0 Å². The van der Waals surface area contributed by atoms with Crippen LogP contribution < -0.4 is 0 Å². The first kappa shape index (κ1) is 13.1. The van der Waals surface area contributed by atoms with Gasteiger partial charge in [0.15, 0.2) is 6.29 Å². The summed E-state index contributed by atoms with van der Waals surface area (Å²) in [6, 6.07) is 19.4. The van der Waals surface area contributed by atoms with Gasteiger partial charge in [-0.25, -0.2) is 0 Å². The topological polar surface area (TPSA) is 37.3 Å². The van der Waals surface area contributed by atoms with Crippen molar-refractivity contribution < 1.29 is 9.90 Å². The lowest BCUT2D eigenvalue weighted by Gasteiger charge is -2.02. The molecular weight excluding hydrogens is 260 g/mol. The molecule has 0 bridgehead atoms. The van der Waals surface area contributed by atoms with Crippen LogP contribution in [0.2, 0.25) is 0 Å². The van der Waals surface area contributed by atoms with Gasteiger partial charge in [-0.05, 0) is 34.0 Å². The van der Waals surface area contributed by atoms with Crippen LogP contribution in [0.5, 0.6) is 5.75 Å². The smallest absolute Gasteiger partial charge is 0.153 e. The van der Waals surface area contributed by atoms with Gasteiger partial charge in [0.2, 0.25) is 0 Å². The minimum Gasteiger partial charge on any atom is -0.507 e. The summed E-state index contributed by atoms with van der Waals surface area (Å²) in [5.41, 5.74) is 2.30. The van der Waals surface area contributed by atoms with E-state index < -0.39 is 0 Å². The highest BCUT2D eigenvalue weighted by Crippen LogP contribution is 2.22. The minimum absolute atomic E-state index is 0.00677. The molecule has 0 saturated heterocycles. The summed E-state index contributed by atoms with van der Waals surface area (Å²) in [6.45, 7) is 0. The molecule has 0 aromatic heterocycles. The average molecular weight is 274 g/mol. The van der Waals surface area contributed by atoms with Crippen LogP contribution in [0.15, 0.2) is 60.7 Å². The first-order valence-electron chi connectivity index (χ1n) is 6.72. The number of aromatic hydroxyl groups is 1. The van der Waals surface area contributed by atoms with Gasteiger partial charge in [0, 0.05) is 0 Å². The van der Waals surface area contributed by atoms with Crippen LogP contribution in [-0.2, 0) is 0 Å². The summed E-state index contributed by atoms with van der Waals surface area (Å²) in [4.78, 5) is 10.8. The van der Waals surface area contributed by atoms with Crippen molar-refractivity contribution in [1.82, 2.24) is 0 Å². The van der Waals surface area contributed by atoms with E-state index in [0.29, 0.717) is 11.8 Å². The van der Waals surface area contributed by atoms with E-state index in [1.165, 1.54) is 16.8 Å². The lowest BCUT2D eigenvalue weighted by atomic mass is 10.0. The summed E-state index contributed by atoms with van der Waals surface area (Å²) in [5.74, 6) is 0.00677. The zero-order valence-corrected chi connectivity index (χ0v) is 11.4. The molecule has 0 spiro atoms. The van der Waals surface area contributed by atoms with Gasteiger partial charge in [0.1, 0.15) is 5.75 Å². The standard InChI is InChI=1S/C19H14O2/c20-13-17-12-14(9-11-19(17)21)8-10-16-6-3-5-15-4-1-2-7-18(15)16/h1-13,21H. The molecule has 0 radical (unpaired) electrons. The highest BCUT2D eigenvalue weighted by Gasteiger charge is 2.00. The van der Waals surface area contributed by atoms with Gasteiger partial charge in [-0.15, -0.1) is 0 Å². The van der Waals surface area contributed by atoms with Crippen molar-refractivity contribution in [3.63, 3.8) is 0 Å². The predicted octanol–water partition coefficient (Wildman–Crippen LogP) is 4.53. The molecular formula is C19H14O2. The highest BCUT2D eigenvalue weighted by molar-refractivity contribution is 5.93. The monoisotopic (exact) mass is 274 g/mol. The van der Waals surface area contributed by atoms with Gasteiger partial charge in [-0.2, -0.15) is 0 Å². The van der Waals surface area contributed by atoms with Crippen LogP contribution in [0.4, 0.5) is 0 Å². The predicted molar refractivity (Wildman–Crippen MR) is 86.4 cm³/mol. The maximum atomic E-state index is 10.8. The molecule has 0 heterocycles. The molecule has 1 N–H and O–H groups in total. The molecule has 3 aromatic carbocycles. The summed E-state index contributed by atoms with van der Waals surface area (Å²) >= 11 is 0. The number of phenols is 1. The second kappa shape index (κ2) is 5.63. The molecule has 3 rings (SSSR count). The van der Waals surface area contributed by atoms with Gasteiger partial charge >= 0.3 is 0 Å². The van der Waals surface area contributed by atoms with Gasteiger partial charge in [0.05, 0.1) is 5.56 Å². The van der Waals surface area contributed by atoms with Crippen molar-refractivity contribution in [2.24, 2.45) is 0 Å². The maximum absolute atomic E-state index is 10.8. The number of fused-ring (bicyclic) bond motifs is 1. The van der Waals surface area contributed by atoms with Crippen LogP contribution in [0, 0.1) is 0 Å². The molecule has 0 saturated carbocycles. The number of carbonyl (C=O) groups is 1. The van der Waals surface area contributed by atoms with E-state index in [1.54, 1.807) is 12.1 Å². The molecule has 2 nitrogen and oxygen atoms in total. The molecule has 0 aliphatic heterocycles. The third-order valence-electron chi connectivity index (χ3n) is 3.46. The van der Waals surface area contributed by atoms with E-state index in [0.717, 1.165) is 11.1 Å². The summed E-state index contributed by atoms with van der Waals surface area (Å²) < 4.78 is 0. The first-order chi connectivity index (χ1) is 10.3. The zero-order chi connectivity index (χ0) is 14.7. The van der Waals surface area contributed by atoms with Crippen LogP contribution in [0.1, 0.15) is 21.5 Å². The van der Waals surface area contributed by atoms with Gasteiger partial charge in [-0.3, -0.25) is 4.79 Å². The summed E-state index contributed by atoms with van der Waals surface area (Å²) in [5, 5.41) is 11.9. The van der Waals surface area contributed by atoms with E-state index in [1.807, 2.05) is 30.4 Å². The Labute approximate surface area is 123 Å². The van der Waals surface area contributed by atoms with E-state index in [4.69, 9.17) is 0 Å². The van der Waals surface area contributed by atoms with Gasteiger partial charge in [0.25, 0.3) is 0 Å². The van der Waals surface area contributed by atoms with Gasteiger partial charge < -0.3 is 5.11 Å². The zero-order valence-electron chi connectivity index (χ0n) is 11.4. The Hall–Kier alpha value is -2.87. The molecule has 0 amide bonds. The number of hydrogen-bond acceptors (Lipinski definition) is 2. The lowest BCUT2D eigenvalue weighted by molar-refractivity contribution is 0.112. The van der Waals surface area contributed by atoms with E-state index in [-0.39, 0.29) is 5.75 Å². The number of benzene rings is 3. The van der Waals surface area contributed by atoms with Crippen molar-refractivity contribution in [3.8, 4) is 5.75 Å². The number of phenolic OH excluding ortho intramolecular Hbond substituents is 1. The second-order valence-corrected chi connectivity index (χ2v) is 4.84. The third kappa shape index (κ3) is 2.70. The molecule has 0 aliphatic rings. The lowest BCUT2D eigenvalue weighted by Crippen LogP contribution is -1.83.